The lowest BCUT2D eigenvalue weighted by Crippen LogP contribution is -2.19. The molecule has 0 unspecified atom stereocenters. The predicted octanol–water partition coefficient (Wildman–Crippen LogP) is 4.35. The molecular weight excluding hydrogens is 266 g/mol. The highest BCUT2D eigenvalue weighted by atomic mass is 16.5. The van der Waals surface area contributed by atoms with Gasteiger partial charge in [0.15, 0.2) is 10.7 Å². The molecule has 1 heterocycles. The lowest BCUT2D eigenvalue weighted by Gasteiger charge is -2.21. The maximum Gasteiger partial charge on any atom is 0.430 e. The Balaban J connectivity index is 2.34. The molecule has 0 radical (unpaired) electrons. The van der Waals surface area contributed by atoms with Crippen LogP contribution < -0.4 is 14.4 Å². The van der Waals surface area contributed by atoms with Crippen LogP contribution in [-0.2, 0) is 0 Å². The molecule has 0 atom stereocenters. The summed E-state index contributed by atoms with van der Waals surface area (Å²) in [5.74, 6) is 1.39. The molecule has 5 nitrogen and oxygen atoms in total. The Labute approximate surface area is 126 Å². The van der Waals surface area contributed by atoms with Crippen LogP contribution in [0.3, 0.4) is 0 Å². The standard InChI is InChI=1S/C16H24N3O2/c1-3-9-20-15-12-14(19-7-5-6-8-19)16(21-10-4-2)11-13(15)18-17/h11-12H,3-10H2,1-2H3/q+1. The quantitative estimate of drug-likeness (QED) is 0.700. The van der Waals surface area contributed by atoms with Crippen LogP contribution >= 0.6 is 0 Å². The van der Waals surface area contributed by atoms with E-state index >= 15 is 0 Å². The summed E-state index contributed by atoms with van der Waals surface area (Å²) in [4.78, 5) is 5.65. The number of anilines is 1. The first-order valence-electron chi connectivity index (χ1n) is 7.83. The molecule has 1 aliphatic rings. The fraction of sp³-hybridized carbons (Fsp3) is 0.625. The number of rotatable bonds is 7. The zero-order valence-corrected chi connectivity index (χ0v) is 13.0. The summed E-state index contributed by atoms with van der Waals surface area (Å²) < 4.78 is 11.5. The van der Waals surface area contributed by atoms with E-state index in [1.807, 2.05) is 6.07 Å². The molecule has 1 aromatic carbocycles. The van der Waals surface area contributed by atoms with Crippen molar-refractivity contribution >= 4 is 11.4 Å². The van der Waals surface area contributed by atoms with E-state index in [1.54, 1.807) is 6.07 Å². The van der Waals surface area contributed by atoms with Crippen LogP contribution in [0.25, 0.3) is 4.98 Å². The topological polar surface area (TPSA) is 49.9 Å². The number of benzene rings is 1. The van der Waals surface area contributed by atoms with E-state index in [4.69, 9.17) is 9.47 Å². The zero-order chi connectivity index (χ0) is 15.1. The number of diazo groups is 1. The van der Waals surface area contributed by atoms with E-state index in [0.717, 1.165) is 37.4 Å². The zero-order valence-electron chi connectivity index (χ0n) is 13.0. The van der Waals surface area contributed by atoms with Crippen LogP contribution in [0.4, 0.5) is 11.4 Å². The highest BCUT2D eigenvalue weighted by Gasteiger charge is 2.25. The first kappa shape index (κ1) is 15.4. The maximum atomic E-state index is 9.20. The summed E-state index contributed by atoms with van der Waals surface area (Å²) in [5, 5.41) is 9.20. The van der Waals surface area contributed by atoms with Crippen molar-refractivity contribution in [2.45, 2.75) is 39.5 Å². The van der Waals surface area contributed by atoms with Gasteiger partial charge in [0.2, 0.25) is 11.1 Å². The molecule has 0 spiro atoms. The summed E-state index contributed by atoms with van der Waals surface area (Å²) in [7, 11) is 0. The monoisotopic (exact) mass is 290 g/mol. The van der Waals surface area contributed by atoms with Crippen LogP contribution in [0.5, 0.6) is 11.5 Å². The van der Waals surface area contributed by atoms with Gasteiger partial charge in [-0.25, -0.2) is 0 Å². The third-order valence-electron chi connectivity index (χ3n) is 3.52. The second-order valence-electron chi connectivity index (χ2n) is 5.28. The van der Waals surface area contributed by atoms with E-state index in [9.17, 15) is 5.39 Å². The van der Waals surface area contributed by atoms with Crippen LogP contribution in [0.2, 0.25) is 0 Å². The highest BCUT2D eigenvalue weighted by molar-refractivity contribution is 5.72. The first-order chi connectivity index (χ1) is 10.3. The van der Waals surface area contributed by atoms with Crippen LogP contribution in [0, 0.1) is 5.39 Å². The third kappa shape index (κ3) is 3.78. The molecule has 1 aliphatic heterocycles. The van der Waals surface area contributed by atoms with Gasteiger partial charge in [-0.3, -0.25) is 0 Å². The molecule has 5 heteroatoms. The van der Waals surface area contributed by atoms with Crippen molar-refractivity contribution < 1.29 is 9.47 Å². The van der Waals surface area contributed by atoms with Gasteiger partial charge in [-0.1, -0.05) is 13.8 Å². The van der Waals surface area contributed by atoms with E-state index in [-0.39, 0.29) is 0 Å². The molecule has 2 rings (SSSR count). The Bertz CT molecular complexity index is 505. The molecule has 1 fully saturated rings. The minimum atomic E-state index is 0.428. The normalized spacial score (nSPS) is 14.0. The van der Waals surface area contributed by atoms with Crippen LogP contribution in [0.1, 0.15) is 39.5 Å². The van der Waals surface area contributed by atoms with Crippen molar-refractivity contribution in [3.8, 4) is 11.5 Å². The summed E-state index contributed by atoms with van der Waals surface area (Å²) >= 11 is 0. The van der Waals surface area contributed by atoms with Gasteiger partial charge < -0.3 is 14.4 Å². The summed E-state index contributed by atoms with van der Waals surface area (Å²) in [5.41, 5.74) is 1.47. The fourth-order valence-corrected chi connectivity index (χ4v) is 2.48. The maximum absolute atomic E-state index is 9.20. The molecule has 114 valence electrons. The van der Waals surface area contributed by atoms with Crippen LogP contribution in [-0.4, -0.2) is 26.3 Å². The smallest absolute Gasteiger partial charge is 0.430 e. The molecule has 0 bridgehead atoms. The van der Waals surface area contributed by atoms with Crippen molar-refractivity contribution in [1.82, 2.24) is 0 Å². The molecule has 0 amide bonds. The Morgan fingerprint density at radius 1 is 1.05 bits per heavy atom. The van der Waals surface area contributed by atoms with Gasteiger partial charge in [0, 0.05) is 19.2 Å². The summed E-state index contributed by atoms with van der Waals surface area (Å²) in [6, 6.07) is 3.72. The Morgan fingerprint density at radius 2 is 1.67 bits per heavy atom. The van der Waals surface area contributed by atoms with Crippen molar-refractivity contribution in [2.24, 2.45) is 0 Å². The molecule has 0 saturated carbocycles. The first-order valence-corrected chi connectivity index (χ1v) is 7.83. The SMILES string of the molecule is CCCOc1cc(N2CCCC2)c(OCCC)cc1[N+]#N. The fourth-order valence-electron chi connectivity index (χ4n) is 2.48. The van der Waals surface area contributed by atoms with E-state index in [2.05, 4.69) is 23.7 Å². The third-order valence-corrected chi connectivity index (χ3v) is 3.52. The van der Waals surface area contributed by atoms with Gasteiger partial charge in [0.05, 0.1) is 25.0 Å². The Morgan fingerprint density at radius 3 is 2.24 bits per heavy atom. The Hall–Kier alpha value is -1.96. The van der Waals surface area contributed by atoms with E-state index in [0.29, 0.717) is 24.7 Å². The number of nitrogens with zero attached hydrogens (tertiary/aromatic N) is 3. The minimum Gasteiger partial charge on any atom is -0.491 e. The lowest BCUT2D eigenvalue weighted by molar-refractivity contribution is 0.310. The summed E-state index contributed by atoms with van der Waals surface area (Å²) in [6.45, 7) is 7.45. The molecule has 1 aromatic rings. The van der Waals surface area contributed by atoms with Gasteiger partial charge in [-0.05, 0) is 25.7 Å². The lowest BCUT2D eigenvalue weighted by atomic mass is 10.2. The number of hydrogen-bond donors (Lipinski definition) is 0. The van der Waals surface area contributed by atoms with Crippen molar-refractivity contribution in [1.29, 1.82) is 5.39 Å². The molecule has 1 saturated heterocycles. The molecule has 0 aromatic heterocycles. The van der Waals surface area contributed by atoms with Gasteiger partial charge >= 0.3 is 5.69 Å². The number of hydrogen-bond acceptors (Lipinski definition) is 4. The summed E-state index contributed by atoms with van der Waals surface area (Å²) in [6.07, 6.45) is 4.26. The highest BCUT2D eigenvalue weighted by Crippen LogP contribution is 2.41. The number of ether oxygens (including phenoxy) is 2. The van der Waals surface area contributed by atoms with Crippen molar-refractivity contribution in [3.05, 3.63) is 17.1 Å². The van der Waals surface area contributed by atoms with Crippen molar-refractivity contribution in [2.75, 3.05) is 31.2 Å². The molecule has 0 aliphatic carbocycles. The van der Waals surface area contributed by atoms with Gasteiger partial charge in [0.1, 0.15) is 0 Å². The minimum absolute atomic E-state index is 0.428. The van der Waals surface area contributed by atoms with Crippen molar-refractivity contribution in [3.63, 3.8) is 0 Å². The van der Waals surface area contributed by atoms with Gasteiger partial charge in [-0.15, -0.1) is 0 Å². The Kier molecular flexibility index (Phi) is 5.68. The van der Waals surface area contributed by atoms with Gasteiger partial charge in [0.25, 0.3) is 0 Å². The van der Waals surface area contributed by atoms with Gasteiger partial charge in [-0.2, -0.15) is 0 Å². The average Bonchev–Trinajstić information content (AvgIpc) is 3.04. The van der Waals surface area contributed by atoms with E-state index in [1.165, 1.54) is 12.8 Å². The van der Waals surface area contributed by atoms with Crippen LogP contribution in [0.15, 0.2) is 12.1 Å². The second kappa shape index (κ2) is 7.72. The molecular formula is C16H24N3O2+. The molecule has 0 N–H and O–H groups in total. The van der Waals surface area contributed by atoms with E-state index < -0.39 is 0 Å². The second-order valence-corrected chi connectivity index (χ2v) is 5.28. The predicted molar refractivity (Wildman–Crippen MR) is 84.2 cm³/mol. The largest absolute Gasteiger partial charge is 0.491 e. The molecule has 21 heavy (non-hydrogen) atoms. The average molecular weight is 290 g/mol.